The summed E-state index contributed by atoms with van der Waals surface area (Å²) < 4.78 is 27.7. The molecule has 0 fully saturated rings. The smallest absolute Gasteiger partial charge is 0.189 e. The molecule has 16 heavy (non-hydrogen) atoms. The van der Waals surface area contributed by atoms with E-state index in [4.69, 9.17) is 0 Å². The number of nitrogens with zero attached hydrogens (tertiary/aromatic N) is 1. The first-order valence-corrected chi connectivity index (χ1v) is 4.72. The number of halogens is 2. The molecule has 0 saturated heterocycles. The zero-order valence-electron chi connectivity index (χ0n) is 8.41. The van der Waals surface area contributed by atoms with Gasteiger partial charge in [0.15, 0.2) is 17.1 Å². The molecule has 0 radical (unpaired) electrons. The van der Waals surface area contributed by atoms with Gasteiger partial charge in [-0.2, -0.15) is 0 Å². The molecule has 82 valence electrons. The normalized spacial score (nSPS) is 10.6. The predicted molar refractivity (Wildman–Crippen MR) is 58.3 cm³/mol. The fraction of sp³-hybridized carbons (Fsp3) is 0.0833. The van der Waals surface area contributed by atoms with Crippen molar-refractivity contribution in [3.05, 3.63) is 58.9 Å². The van der Waals surface area contributed by atoms with Crippen molar-refractivity contribution in [2.75, 3.05) is 0 Å². The van der Waals surface area contributed by atoms with E-state index in [1.165, 1.54) is 12.3 Å². The molecule has 0 amide bonds. The van der Waals surface area contributed by atoms with Gasteiger partial charge >= 0.3 is 0 Å². The van der Waals surface area contributed by atoms with Crippen LogP contribution in [-0.2, 0) is 6.54 Å². The molecule has 0 unspecified atom stereocenters. The monoisotopic (exact) mass is 221 g/mol. The second-order valence-electron chi connectivity index (χ2n) is 3.40. The van der Waals surface area contributed by atoms with Crippen LogP contribution in [0.15, 0.2) is 41.8 Å². The quantitative estimate of drug-likeness (QED) is 0.714. The second-order valence-corrected chi connectivity index (χ2v) is 3.40. The lowest BCUT2D eigenvalue weighted by Crippen LogP contribution is -2.08. The van der Waals surface area contributed by atoms with Crippen molar-refractivity contribution >= 4 is 10.9 Å². The van der Waals surface area contributed by atoms with Gasteiger partial charge in [0, 0.05) is 30.3 Å². The molecule has 0 aliphatic heterocycles. The fourth-order valence-corrected chi connectivity index (χ4v) is 1.60. The molecule has 4 heteroatoms. The minimum atomic E-state index is -1.01. The zero-order chi connectivity index (χ0) is 11.7. The number of rotatable bonds is 2. The third kappa shape index (κ3) is 1.62. The molecule has 1 heterocycles. The summed E-state index contributed by atoms with van der Waals surface area (Å²) in [7, 11) is 0. The Morgan fingerprint density at radius 3 is 2.69 bits per heavy atom. The maximum absolute atomic E-state index is 13.1. The summed E-state index contributed by atoms with van der Waals surface area (Å²) in [5.74, 6) is -1.98. The molecule has 0 bridgehead atoms. The van der Waals surface area contributed by atoms with E-state index in [9.17, 15) is 13.6 Å². The van der Waals surface area contributed by atoms with Gasteiger partial charge in [-0.1, -0.05) is 6.08 Å². The van der Waals surface area contributed by atoms with E-state index >= 15 is 0 Å². The molecule has 2 nitrogen and oxygen atoms in total. The van der Waals surface area contributed by atoms with Crippen LogP contribution in [0.1, 0.15) is 0 Å². The predicted octanol–water partition coefficient (Wildman–Crippen LogP) is 2.47. The number of fused-ring (bicyclic) bond motifs is 1. The van der Waals surface area contributed by atoms with Crippen LogP contribution in [0.5, 0.6) is 0 Å². The van der Waals surface area contributed by atoms with E-state index in [1.54, 1.807) is 10.6 Å². The molecule has 0 saturated carbocycles. The van der Waals surface area contributed by atoms with E-state index in [1.807, 2.05) is 0 Å². The summed E-state index contributed by atoms with van der Waals surface area (Å²) in [6, 6.07) is 3.27. The molecule has 2 aromatic rings. The standard InChI is InChI=1S/C12H9F2NO/c1-2-4-15-5-3-12(16)8-6-9(13)10(14)7-11(8)15/h2-3,5-7H,1,4H2. The van der Waals surface area contributed by atoms with Crippen molar-refractivity contribution < 1.29 is 8.78 Å². The Labute approximate surface area is 90.4 Å². The Morgan fingerprint density at radius 2 is 2.00 bits per heavy atom. The number of hydrogen-bond donors (Lipinski definition) is 0. The second kappa shape index (κ2) is 3.89. The highest BCUT2D eigenvalue weighted by atomic mass is 19.2. The highest BCUT2D eigenvalue weighted by Gasteiger charge is 2.08. The molecule has 2 rings (SSSR count). The van der Waals surface area contributed by atoms with Gasteiger partial charge in [-0.15, -0.1) is 6.58 Å². The van der Waals surface area contributed by atoms with E-state index in [0.29, 0.717) is 12.1 Å². The van der Waals surface area contributed by atoms with Crippen molar-refractivity contribution in [1.29, 1.82) is 0 Å². The lowest BCUT2D eigenvalue weighted by Gasteiger charge is -2.08. The average molecular weight is 221 g/mol. The largest absolute Gasteiger partial charge is 0.343 e. The first-order valence-electron chi connectivity index (χ1n) is 4.72. The van der Waals surface area contributed by atoms with Gasteiger partial charge in [0.05, 0.1) is 5.52 Å². The number of benzene rings is 1. The van der Waals surface area contributed by atoms with Gasteiger partial charge in [0.25, 0.3) is 0 Å². The molecule has 0 aliphatic carbocycles. The van der Waals surface area contributed by atoms with Crippen molar-refractivity contribution in [2.45, 2.75) is 6.54 Å². The molecule has 1 aromatic heterocycles. The molecular formula is C12H9F2NO. The molecular weight excluding hydrogens is 212 g/mol. The minimum absolute atomic E-state index is 0.170. The summed E-state index contributed by atoms with van der Waals surface area (Å²) in [5.41, 5.74) is 0.0421. The van der Waals surface area contributed by atoms with E-state index in [0.717, 1.165) is 12.1 Å². The van der Waals surface area contributed by atoms with Crippen LogP contribution >= 0.6 is 0 Å². The van der Waals surface area contributed by atoms with Crippen molar-refractivity contribution in [2.24, 2.45) is 0 Å². The van der Waals surface area contributed by atoms with Crippen LogP contribution in [0.3, 0.4) is 0 Å². The Balaban J connectivity index is 2.87. The van der Waals surface area contributed by atoms with Crippen LogP contribution in [0.25, 0.3) is 10.9 Å². The SMILES string of the molecule is C=CCn1ccc(=O)c2cc(F)c(F)cc21. The number of pyridine rings is 1. The van der Waals surface area contributed by atoms with E-state index in [-0.39, 0.29) is 10.8 Å². The van der Waals surface area contributed by atoms with Crippen LogP contribution in [-0.4, -0.2) is 4.57 Å². The maximum Gasteiger partial charge on any atom is 0.189 e. The van der Waals surface area contributed by atoms with Crippen molar-refractivity contribution in [3.63, 3.8) is 0 Å². The first kappa shape index (κ1) is 10.5. The lowest BCUT2D eigenvalue weighted by molar-refractivity contribution is 0.510. The summed E-state index contributed by atoms with van der Waals surface area (Å²) in [6.07, 6.45) is 3.15. The number of hydrogen-bond acceptors (Lipinski definition) is 1. The molecule has 1 aromatic carbocycles. The molecule has 0 N–H and O–H groups in total. The van der Waals surface area contributed by atoms with E-state index < -0.39 is 11.6 Å². The molecule has 0 aliphatic rings. The van der Waals surface area contributed by atoms with E-state index in [2.05, 4.69) is 6.58 Å². The summed E-state index contributed by atoms with van der Waals surface area (Å²) >= 11 is 0. The van der Waals surface area contributed by atoms with Crippen molar-refractivity contribution in [1.82, 2.24) is 4.57 Å². The lowest BCUT2D eigenvalue weighted by atomic mass is 10.2. The fourth-order valence-electron chi connectivity index (χ4n) is 1.60. The zero-order valence-corrected chi connectivity index (χ0v) is 8.41. The van der Waals surface area contributed by atoms with Crippen LogP contribution in [0.4, 0.5) is 8.78 Å². The summed E-state index contributed by atoms with van der Waals surface area (Å²) in [5, 5.41) is 0.170. The summed E-state index contributed by atoms with van der Waals surface area (Å²) in [6.45, 7) is 3.99. The van der Waals surface area contributed by atoms with Gasteiger partial charge in [0.2, 0.25) is 0 Å². The Morgan fingerprint density at radius 1 is 1.31 bits per heavy atom. The van der Waals surface area contributed by atoms with Crippen LogP contribution in [0.2, 0.25) is 0 Å². The topological polar surface area (TPSA) is 22.0 Å². The van der Waals surface area contributed by atoms with Crippen LogP contribution in [0, 0.1) is 11.6 Å². The Bertz CT molecular complexity index is 616. The summed E-state index contributed by atoms with van der Waals surface area (Å²) in [4.78, 5) is 11.5. The third-order valence-electron chi connectivity index (χ3n) is 2.35. The average Bonchev–Trinajstić information content (AvgIpc) is 2.25. The van der Waals surface area contributed by atoms with Gasteiger partial charge in [-0.3, -0.25) is 4.79 Å². The highest BCUT2D eigenvalue weighted by Crippen LogP contribution is 2.15. The van der Waals surface area contributed by atoms with Gasteiger partial charge in [-0.05, 0) is 6.07 Å². The van der Waals surface area contributed by atoms with Gasteiger partial charge in [-0.25, -0.2) is 8.78 Å². The first-order chi connectivity index (χ1) is 7.63. The third-order valence-corrected chi connectivity index (χ3v) is 2.35. The molecule has 0 atom stereocenters. The highest BCUT2D eigenvalue weighted by molar-refractivity contribution is 5.79. The van der Waals surface area contributed by atoms with Crippen LogP contribution < -0.4 is 5.43 Å². The Kier molecular flexibility index (Phi) is 2.56. The molecule has 0 spiro atoms. The maximum atomic E-state index is 13.1. The Hall–Kier alpha value is -1.97. The number of aromatic nitrogens is 1. The minimum Gasteiger partial charge on any atom is -0.343 e. The van der Waals surface area contributed by atoms with Gasteiger partial charge in [0.1, 0.15) is 0 Å². The van der Waals surface area contributed by atoms with Crippen molar-refractivity contribution in [3.8, 4) is 0 Å². The van der Waals surface area contributed by atoms with Gasteiger partial charge < -0.3 is 4.57 Å². The number of allylic oxidation sites excluding steroid dienone is 1.